The van der Waals surface area contributed by atoms with Crippen molar-refractivity contribution in [3.05, 3.63) is 59.7 Å². The summed E-state index contributed by atoms with van der Waals surface area (Å²) in [5.41, 5.74) is 1.42. The number of carboxylic acids is 2. The zero-order valence-corrected chi connectivity index (χ0v) is 16.2. The van der Waals surface area contributed by atoms with Crippen LogP contribution in [0.1, 0.15) is 24.0 Å². The van der Waals surface area contributed by atoms with Crippen molar-refractivity contribution in [2.75, 3.05) is 26.4 Å². The minimum Gasteiger partial charge on any atom is -0.493 e. The van der Waals surface area contributed by atoms with Crippen LogP contribution >= 0.6 is 0 Å². The third-order valence-corrected chi connectivity index (χ3v) is 3.91. The second-order valence-electron chi connectivity index (χ2n) is 6.45. The fourth-order valence-electron chi connectivity index (χ4n) is 2.64. The highest BCUT2D eigenvalue weighted by Gasteiger charge is 2.03. The van der Waals surface area contributed by atoms with Gasteiger partial charge in [-0.2, -0.15) is 0 Å². The summed E-state index contributed by atoms with van der Waals surface area (Å²) in [6.45, 7) is 2.10. The molecule has 0 aromatic heterocycles. The van der Waals surface area contributed by atoms with Gasteiger partial charge in [0.1, 0.15) is 11.5 Å². The average Bonchev–Trinajstić information content (AvgIpc) is 2.66. The topological polar surface area (TPSA) is 102 Å². The maximum Gasteiger partial charge on any atom is 0.307 e. The summed E-state index contributed by atoms with van der Waals surface area (Å²) >= 11 is 0. The lowest BCUT2D eigenvalue weighted by Crippen LogP contribution is -2.07. The largest absolute Gasteiger partial charge is 0.493 e. The summed E-state index contributed by atoms with van der Waals surface area (Å²) in [7, 11) is 0. The first-order chi connectivity index (χ1) is 14.0. The number of carbonyl (C=O) groups is 2. The van der Waals surface area contributed by atoms with Crippen LogP contribution in [0, 0.1) is 0 Å². The van der Waals surface area contributed by atoms with Gasteiger partial charge in [0, 0.05) is 26.1 Å². The lowest BCUT2D eigenvalue weighted by atomic mass is 10.1. The average molecular weight is 402 g/mol. The molecule has 2 aromatic rings. The van der Waals surface area contributed by atoms with Gasteiger partial charge in [-0.25, -0.2) is 0 Å². The molecule has 7 nitrogen and oxygen atoms in total. The Morgan fingerprint density at radius 3 is 1.55 bits per heavy atom. The number of aliphatic carboxylic acids is 2. The molecule has 2 N–H and O–H groups in total. The van der Waals surface area contributed by atoms with Crippen molar-refractivity contribution in [1.82, 2.24) is 0 Å². The molecule has 0 radical (unpaired) electrons. The quantitative estimate of drug-likeness (QED) is 0.468. The summed E-state index contributed by atoms with van der Waals surface area (Å²) < 4.78 is 16.8. The van der Waals surface area contributed by atoms with Crippen molar-refractivity contribution in [1.29, 1.82) is 0 Å². The zero-order chi connectivity index (χ0) is 20.9. The molecule has 0 aliphatic heterocycles. The maximum atomic E-state index is 10.7. The third-order valence-electron chi connectivity index (χ3n) is 3.91. The number of hydrogen-bond acceptors (Lipinski definition) is 5. The van der Waals surface area contributed by atoms with Gasteiger partial charge in [0.15, 0.2) is 0 Å². The smallest absolute Gasteiger partial charge is 0.307 e. The number of benzene rings is 2. The van der Waals surface area contributed by atoms with Gasteiger partial charge in [0.2, 0.25) is 0 Å². The van der Waals surface area contributed by atoms with Crippen LogP contribution in [-0.2, 0) is 27.2 Å². The second-order valence-corrected chi connectivity index (χ2v) is 6.45. The number of carboxylic acid groups (broad SMARTS) is 2. The van der Waals surface area contributed by atoms with E-state index in [1.807, 2.05) is 0 Å². The molecule has 0 bridgehead atoms. The van der Waals surface area contributed by atoms with Crippen LogP contribution in [0.2, 0.25) is 0 Å². The molecule has 156 valence electrons. The van der Waals surface area contributed by atoms with E-state index in [1.165, 1.54) is 0 Å². The molecule has 0 atom stereocenters. The second kappa shape index (κ2) is 12.4. The van der Waals surface area contributed by atoms with E-state index in [9.17, 15) is 9.59 Å². The molecule has 7 heteroatoms. The fraction of sp³-hybridized carbons (Fsp3) is 0.364. The predicted molar refractivity (Wildman–Crippen MR) is 107 cm³/mol. The van der Waals surface area contributed by atoms with E-state index in [2.05, 4.69) is 0 Å². The maximum absolute atomic E-state index is 10.7. The molecule has 29 heavy (non-hydrogen) atoms. The first kappa shape index (κ1) is 22.2. The van der Waals surface area contributed by atoms with Gasteiger partial charge in [-0.15, -0.1) is 0 Å². The van der Waals surface area contributed by atoms with Crippen LogP contribution in [0.4, 0.5) is 0 Å². The number of ether oxygens (including phenoxy) is 3. The van der Waals surface area contributed by atoms with E-state index in [0.29, 0.717) is 49.1 Å². The summed E-state index contributed by atoms with van der Waals surface area (Å²) in [6, 6.07) is 14.1. The van der Waals surface area contributed by atoms with E-state index in [-0.39, 0.29) is 12.8 Å². The van der Waals surface area contributed by atoms with Gasteiger partial charge in [0.05, 0.1) is 26.1 Å². The summed E-state index contributed by atoms with van der Waals surface area (Å²) in [6.07, 6.45) is 1.40. The minimum absolute atomic E-state index is 0.0216. The Morgan fingerprint density at radius 2 is 1.14 bits per heavy atom. The van der Waals surface area contributed by atoms with Crippen molar-refractivity contribution in [3.63, 3.8) is 0 Å². The van der Waals surface area contributed by atoms with E-state index < -0.39 is 11.9 Å². The van der Waals surface area contributed by atoms with E-state index in [0.717, 1.165) is 12.8 Å². The van der Waals surface area contributed by atoms with Crippen molar-refractivity contribution in [2.45, 2.75) is 25.7 Å². The van der Waals surface area contributed by atoms with Crippen LogP contribution in [0.25, 0.3) is 0 Å². The summed E-state index contributed by atoms with van der Waals surface area (Å²) in [4.78, 5) is 21.5. The van der Waals surface area contributed by atoms with Crippen LogP contribution < -0.4 is 9.47 Å². The molecular formula is C22H26O7. The Labute approximate surface area is 169 Å². The van der Waals surface area contributed by atoms with E-state index >= 15 is 0 Å². The molecule has 0 heterocycles. The summed E-state index contributed by atoms with van der Waals surface area (Å²) in [5, 5.41) is 17.6. The van der Waals surface area contributed by atoms with Crippen LogP contribution in [0.5, 0.6) is 11.5 Å². The normalized spacial score (nSPS) is 10.5. The molecular weight excluding hydrogens is 376 g/mol. The minimum atomic E-state index is -0.868. The Hall–Kier alpha value is -3.06. The summed E-state index contributed by atoms with van der Waals surface area (Å²) in [5.74, 6) is -0.426. The first-order valence-electron chi connectivity index (χ1n) is 9.48. The SMILES string of the molecule is O=C(O)Cc1cccc(OCCCOCCCOc2cccc(CC(=O)O)c2)c1. The Bertz CT molecular complexity index is 723. The van der Waals surface area contributed by atoms with Crippen molar-refractivity contribution < 1.29 is 34.0 Å². The monoisotopic (exact) mass is 402 g/mol. The molecule has 0 unspecified atom stereocenters. The van der Waals surface area contributed by atoms with Crippen LogP contribution in [0.15, 0.2) is 48.5 Å². The highest BCUT2D eigenvalue weighted by molar-refractivity contribution is 5.70. The lowest BCUT2D eigenvalue weighted by Gasteiger charge is -2.09. The molecule has 0 amide bonds. The molecule has 0 aliphatic carbocycles. The van der Waals surface area contributed by atoms with E-state index in [4.69, 9.17) is 24.4 Å². The standard InChI is InChI=1S/C22H26O7/c23-21(24)15-17-5-1-7-19(13-17)28-11-3-9-27-10-4-12-29-20-8-2-6-18(14-20)16-22(25)26/h1-2,5-8,13-14H,3-4,9-12,15-16H2,(H,23,24)(H,25,26). The molecule has 0 saturated carbocycles. The third kappa shape index (κ3) is 9.62. The van der Waals surface area contributed by atoms with Gasteiger partial charge in [-0.05, 0) is 35.4 Å². The molecule has 0 spiro atoms. The highest BCUT2D eigenvalue weighted by atomic mass is 16.5. The van der Waals surface area contributed by atoms with Gasteiger partial charge < -0.3 is 24.4 Å². The molecule has 0 aliphatic rings. The molecule has 2 rings (SSSR count). The Morgan fingerprint density at radius 1 is 0.690 bits per heavy atom. The molecule has 0 fully saturated rings. The van der Waals surface area contributed by atoms with Gasteiger partial charge in [0.25, 0.3) is 0 Å². The fourth-order valence-corrected chi connectivity index (χ4v) is 2.64. The van der Waals surface area contributed by atoms with Crippen molar-refractivity contribution in [2.24, 2.45) is 0 Å². The zero-order valence-electron chi connectivity index (χ0n) is 16.2. The predicted octanol–water partition coefficient (Wildman–Crippen LogP) is 3.20. The van der Waals surface area contributed by atoms with E-state index in [1.54, 1.807) is 48.5 Å². The number of rotatable bonds is 14. The number of hydrogen-bond donors (Lipinski definition) is 2. The molecule has 0 saturated heterocycles. The van der Waals surface area contributed by atoms with Gasteiger partial charge in [-0.1, -0.05) is 24.3 Å². The van der Waals surface area contributed by atoms with Crippen LogP contribution in [0.3, 0.4) is 0 Å². The highest BCUT2D eigenvalue weighted by Crippen LogP contribution is 2.15. The van der Waals surface area contributed by atoms with Crippen LogP contribution in [-0.4, -0.2) is 48.6 Å². The molecule has 2 aromatic carbocycles. The first-order valence-corrected chi connectivity index (χ1v) is 9.48. The van der Waals surface area contributed by atoms with Crippen molar-refractivity contribution in [3.8, 4) is 11.5 Å². The lowest BCUT2D eigenvalue weighted by molar-refractivity contribution is -0.137. The van der Waals surface area contributed by atoms with Gasteiger partial charge in [-0.3, -0.25) is 9.59 Å². The Balaban J connectivity index is 1.52. The van der Waals surface area contributed by atoms with Crippen molar-refractivity contribution >= 4 is 11.9 Å². The van der Waals surface area contributed by atoms with Gasteiger partial charge >= 0.3 is 11.9 Å². The Kier molecular flexibility index (Phi) is 9.51.